The second-order valence-corrected chi connectivity index (χ2v) is 10.1. The molecule has 37 heavy (non-hydrogen) atoms. The van der Waals surface area contributed by atoms with E-state index in [1.807, 2.05) is 50.2 Å². The maximum absolute atomic E-state index is 9.45. The molecule has 192 valence electrons. The Hall–Kier alpha value is -3.40. The largest absolute Gasteiger partial charge is 0.394 e. The van der Waals surface area contributed by atoms with Gasteiger partial charge >= 0.3 is 0 Å². The molecule has 3 aromatic heterocycles. The zero-order chi connectivity index (χ0) is 25.2. The number of aliphatic hydroxyl groups is 1. The summed E-state index contributed by atoms with van der Waals surface area (Å²) in [7, 11) is 1.92. The van der Waals surface area contributed by atoms with Crippen LogP contribution in [0.15, 0.2) is 61.4 Å². The second kappa shape index (κ2) is 10.5. The van der Waals surface area contributed by atoms with Gasteiger partial charge in [-0.2, -0.15) is 10.2 Å². The highest BCUT2D eigenvalue weighted by Gasteiger charge is 2.30. The van der Waals surface area contributed by atoms with E-state index in [0.717, 1.165) is 66.6 Å². The van der Waals surface area contributed by atoms with Gasteiger partial charge in [0.05, 0.1) is 37.8 Å². The third-order valence-electron chi connectivity index (χ3n) is 7.68. The van der Waals surface area contributed by atoms with Crippen LogP contribution in [0.5, 0.6) is 0 Å². The number of aryl methyl sites for hydroxylation is 1. The quantitative estimate of drug-likeness (QED) is 0.433. The third-order valence-corrected chi connectivity index (χ3v) is 7.68. The molecule has 1 aliphatic heterocycles. The molecule has 4 heterocycles. The lowest BCUT2D eigenvalue weighted by Gasteiger charge is -2.41. The van der Waals surface area contributed by atoms with Gasteiger partial charge in [-0.1, -0.05) is 18.2 Å². The van der Waals surface area contributed by atoms with Gasteiger partial charge in [-0.3, -0.25) is 14.3 Å². The standard InChI is InChI=1S/C28H33N7O2/c1-33-16-23(14-31-33)20-3-2-4-21(11-20)28-29-12-22(13-30-28)24-15-32-35(17-24)26-7-5-25(6-8-26)34-9-10-37-27(18-34)19-36/h2-4,11-17,25-27,36H,5-10,18-19H2,1H3/t25?,26?,27-/m0/s1. The van der Waals surface area contributed by atoms with Crippen LogP contribution in [0.2, 0.25) is 0 Å². The fourth-order valence-corrected chi connectivity index (χ4v) is 5.59. The van der Waals surface area contributed by atoms with Gasteiger partial charge in [-0.15, -0.1) is 0 Å². The zero-order valence-electron chi connectivity index (χ0n) is 21.1. The molecule has 0 spiro atoms. The molecule has 1 aromatic carbocycles. The summed E-state index contributed by atoms with van der Waals surface area (Å²) in [4.78, 5) is 11.8. The van der Waals surface area contributed by atoms with Crippen molar-refractivity contribution in [2.45, 2.75) is 43.9 Å². The van der Waals surface area contributed by atoms with E-state index in [1.54, 1.807) is 4.68 Å². The highest BCUT2D eigenvalue weighted by Crippen LogP contribution is 2.33. The summed E-state index contributed by atoms with van der Waals surface area (Å²) in [5.41, 5.74) is 5.15. The van der Waals surface area contributed by atoms with Gasteiger partial charge in [0, 0.05) is 73.2 Å². The van der Waals surface area contributed by atoms with E-state index in [1.165, 1.54) is 0 Å². The van der Waals surface area contributed by atoms with Crippen molar-refractivity contribution in [3.63, 3.8) is 0 Å². The van der Waals surface area contributed by atoms with E-state index < -0.39 is 0 Å². The summed E-state index contributed by atoms with van der Waals surface area (Å²) in [6, 6.07) is 9.21. The maximum Gasteiger partial charge on any atom is 0.159 e. The van der Waals surface area contributed by atoms with Crippen LogP contribution in [-0.4, -0.2) is 78.0 Å². The van der Waals surface area contributed by atoms with Crippen molar-refractivity contribution in [3.8, 4) is 33.6 Å². The molecule has 2 aliphatic rings. The summed E-state index contributed by atoms with van der Waals surface area (Å²) >= 11 is 0. The van der Waals surface area contributed by atoms with Crippen molar-refractivity contribution in [1.29, 1.82) is 0 Å². The summed E-state index contributed by atoms with van der Waals surface area (Å²) in [6.45, 7) is 2.61. The number of aromatic nitrogens is 6. The highest BCUT2D eigenvalue weighted by atomic mass is 16.5. The molecule has 4 aromatic rings. The Kier molecular flexibility index (Phi) is 6.82. The number of benzene rings is 1. The minimum atomic E-state index is -0.0427. The minimum absolute atomic E-state index is 0.0427. The van der Waals surface area contributed by atoms with Gasteiger partial charge < -0.3 is 9.84 Å². The predicted molar refractivity (Wildman–Crippen MR) is 141 cm³/mol. The van der Waals surface area contributed by atoms with Crippen LogP contribution in [0, 0.1) is 0 Å². The topological polar surface area (TPSA) is 94.1 Å². The summed E-state index contributed by atoms with van der Waals surface area (Å²) in [5, 5.41) is 18.4. The van der Waals surface area contributed by atoms with Gasteiger partial charge in [-0.25, -0.2) is 9.97 Å². The Balaban J connectivity index is 1.10. The van der Waals surface area contributed by atoms with Gasteiger partial charge in [0.15, 0.2) is 5.82 Å². The summed E-state index contributed by atoms with van der Waals surface area (Å²) < 4.78 is 9.54. The van der Waals surface area contributed by atoms with Gasteiger partial charge in [0.25, 0.3) is 0 Å². The molecular weight excluding hydrogens is 466 g/mol. The number of morpholine rings is 1. The van der Waals surface area contributed by atoms with Crippen LogP contribution in [0.1, 0.15) is 31.7 Å². The van der Waals surface area contributed by atoms with E-state index in [-0.39, 0.29) is 12.7 Å². The fourth-order valence-electron chi connectivity index (χ4n) is 5.59. The molecule has 1 N–H and O–H groups in total. The molecule has 1 saturated carbocycles. The number of hydrogen-bond acceptors (Lipinski definition) is 7. The van der Waals surface area contributed by atoms with Gasteiger partial charge in [0.1, 0.15) is 0 Å². The summed E-state index contributed by atoms with van der Waals surface area (Å²) in [6.07, 6.45) is 16.1. The first kappa shape index (κ1) is 24.0. The lowest BCUT2D eigenvalue weighted by atomic mass is 9.90. The first-order valence-electron chi connectivity index (χ1n) is 13.1. The second-order valence-electron chi connectivity index (χ2n) is 10.1. The molecule has 1 saturated heterocycles. The lowest BCUT2D eigenvalue weighted by molar-refractivity contribution is -0.0698. The average Bonchev–Trinajstić information content (AvgIpc) is 3.63. The van der Waals surface area contributed by atoms with Gasteiger partial charge in [0.2, 0.25) is 0 Å². The molecule has 6 rings (SSSR count). The first-order valence-corrected chi connectivity index (χ1v) is 13.1. The molecule has 0 radical (unpaired) electrons. The first-order chi connectivity index (χ1) is 18.2. The van der Waals surface area contributed by atoms with E-state index in [4.69, 9.17) is 9.84 Å². The molecular formula is C28H33N7O2. The molecule has 0 amide bonds. The maximum atomic E-state index is 9.45. The Bertz CT molecular complexity index is 1320. The molecule has 1 atom stereocenters. The monoisotopic (exact) mass is 499 g/mol. The molecule has 1 aliphatic carbocycles. The van der Waals surface area contributed by atoms with Crippen molar-refractivity contribution in [1.82, 2.24) is 34.4 Å². The molecule has 0 bridgehead atoms. The van der Waals surface area contributed by atoms with Gasteiger partial charge in [-0.05, 0) is 37.3 Å². The number of rotatable bonds is 6. The molecule has 9 nitrogen and oxygen atoms in total. The normalized spacial score (nSPS) is 22.8. The Morgan fingerprint density at radius 1 is 0.865 bits per heavy atom. The lowest BCUT2D eigenvalue weighted by Crippen LogP contribution is -2.49. The smallest absolute Gasteiger partial charge is 0.159 e. The van der Waals surface area contributed by atoms with Crippen LogP contribution in [0.25, 0.3) is 33.6 Å². The number of nitrogens with zero attached hydrogens (tertiary/aromatic N) is 7. The number of aliphatic hydroxyl groups excluding tert-OH is 1. The molecule has 0 unspecified atom stereocenters. The number of hydrogen-bond donors (Lipinski definition) is 1. The predicted octanol–water partition coefficient (Wildman–Crippen LogP) is 3.58. The van der Waals surface area contributed by atoms with E-state index in [0.29, 0.717) is 24.5 Å². The van der Waals surface area contributed by atoms with E-state index in [2.05, 4.69) is 43.0 Å². The van der Waals surface area contributed by atoms with Crippen molar-refractivity contribution in [2.24, 2.45) is 7.05 Å². The van der Waals surface area contributed by atoms with Crippen molar-refractivity contribution >= 4 is 0 Å². The Labute approximate surface area is 216 Å². The van der Waals surface area contributed by atoms with E-state index >= 15 is 0 Å². The van der Waals surface area contributed by atoms with E-state index in [9.17, 15) is 5.11 Å². The van der Waals surface area contributed by atoms with Crippen LogP contribution in [-0.2, 0) is 11.8 Å². The Morgan fingerprint density at radius 3 is 2.35 bits per heavy atom. The molecule has 2 fully saturated rings. The highest BCUT2D eigenvalue weighted by molar-refractivity contribution is 5.70. The SMILES string of the molecule is Cn1cc(-c2cccc(-c3ncc(-c4cnn(C5CCC(N6CCO[C@H](CO)C6)CC5)c4)cn3)c2)cn1. The van der Waals surface area contributed by atoms with Crippen molar-refractivity contribution < 1.29 is 9.84 Å². The zero-order valence-corrected chi connectivity index (χ0v) is 21.1. The van der Waals surface area contributed by atoms with Crippen LogP contribution < -0.4 is 0 Å². The summed E-state index contributed by atoms with van der Waals surface area (Å²) in [5.74, 6) is 0.701. The van der Waals surface area contributed by atoms with Crippen LogP contribution in [0.3, 0.4) is 0 Å². The average molecular weight is 500 g/mol. The van der Waals surface area contributed by atoms with Crippen LogP contribution >= 0.6 is 0 Å². The minimum Gasteiger partial charge on any atom is -0.394 e. The van der Waals surface area contributed by atoms with Crippen molar-refractivity contribution in [2.75, 3.05) is 26.3 Å². The van der Waals surface area contributed by atoms with Crippen LogP contribution in [0.4, 0.5) is 0 Å². The Morgan fingerprint density at radius 2 is 1.59 bits per heavy atom. The van der Waals surface area contributed by atoms with Crippen molar-refractivity contribution in [3.05, 3.63) is 61.4 Å². The third kappa shape index (κ3) is 5.20. The number of ether oxygens (including phenoxy) is 1. The molecule has 9 heteroatoms. The fraction of sp³-hybridized carbons (Fsp3) is 0.429.